The number of ether oxygens (including phenoxy) is 1. The Morgan fingerprint density at radius 1 is 1.46 bits per heavy atom. The first-order chi connectivity index (χ1) is 13.0. The third-order valence-electron chi connectivity index (χ3n) is 4.92. The van der Waals surface area contributed by atoms with Gasteiger partial charge in [0.15, 0.2) is 21.3 Å². The van der Waals surface area contributed by atoms with Crippen molar-refractivity contribution in [3.8, 4) is 0 Å². The molecule has 28 heavy (non-hydrogen) atoms. The largest absolute Gasteiger partial charge is 0.480 e. The monoisotopic (exact) mass is 410 g/mol. The fourth-order valence-electron chi connectivity index (χ4n) is 3.47. The van der Waals surface area contributed by atoms with E-state index < -0.39 is 50.6 Å². The lowest BCUT2D eigenvalue weighted by Crippen LogP contribution is -2.59. The zero-order chi connectivity index (χ0) is 20.9. The molecule has 0 saturated carbocycles. The van der Waals surface area contributed by atoms with Crippen molar-refractivity contribution in [3.63, 3.8) is 0 Å². The van der Waals surface area contributed by atoms with Crippen LogP contribution in [0.4, 0.5) is 4.79 Å². The summed E-state index contributed by atoms with van der Waals surface area (Å²) in [6.07, 6.45) is 1.50. The van der Waals surface area contributed by atoms with Gasteiger partial charge in [-0.2, -0.15) is 0 Å². The minimum atomic E-state index is -4.26. The highest BCUT2D eigenvalue weighted by Gasteiger charge is 2.72. The topological polar surface area (TPSA) is 183 Å². The number of primary amides is 1. The van der Waals surface area contributed by atoms with Crippen molar-refractivity contribution in [1.29, 1.82) is 0 Å². The zero-order valence-electron chi connectivity index (χ0n) is 14.7. The predicted octanol–water partition coefficient (Wildman–Crippen LogP) is -1.17. The number of sulfone groups is 1. The van der Waals surface area contributed by atoms with E-state index >= 15 is 0 Å². The quantitative estimate of drug-likeness (QED) is 0.397. The van der Waals surface area contributed by atoms with Crippen LogP contribution in [0.2, 0.25) is 0 Å². The van der Waals surface area contributed by atoms with Gasteiger partial charge in [-0.25, -0.2) is 18.0 Å². The van der Waals surface area contributed by atoms with E-state index in [2.05, 4.69) is 9.72 Å². The van der Waals surface area contributed by atoms with Crippen molar-refractivity contribution in [1.82, 2.24) is 9.88 Å². The van der Waals surface area contributed by atoms with Crippen molar-refractivity contribution in [2.45, 2.75) is 29.6 Å². The summed E-state index contributed by atoms with van der Waals surface area (Å²) in [6.45, 7) is 0.542. The number of amides is 2. The molecule has 0 aromatic carbocycles. The summed E-state index contributed by atoms with van der Waals surface area (Å²) < 4.78 is 28.7. The second-order valence-corrected chi connectivity index (χ2v) is 9.13. The van der Waals surface area contributed by atoms with Gasteiger partial charge in [0, 0.05) is 12.7 Å². The first-order valence-corrected chi connectivity index (χ1v) is 9.67. The van der Waals surface area contributed by atoms with E-state index in [4.69, 9.17) is 11.5 Å². The lowest BCUT2D eigenvalue weighted by molar-refractivity contribution is -0.153. The molecule has 0 spiro atoms. The Morgan fingerprint density at radius 3 is 2.71 bits per heavy atom. The second-order valence-electron chi connectivity index (χ2n) is 6.66. The number of hydrogen-bond donors (Lipinski definition) is 3. The molecular formula is C16H18N4O7S. The Hall–Kier alpha value is -2.99. The molecule has 2 fully saturated rings. The number of hydrogen-bond acceptors (Lipinski definition) is 8. The standard InChI is InChI=1S/C16H18N4O7S/c1-16(7-27-15(18)24)11(14(22)23)20-12(21)10(13(20)28(16,25)26)5-9-4-8(6-17)2-3-19-9/h2-5,11,13H,6-7,17H2,1H3,(H2,18,24)(H,22,23)/b10-5-/t11-,13?,16?/m0/s1. The number of nitrogens with zero attached hydrogens (tertiary/aromatic N) is 2. The summed E-state index contributed by atoms with van der Waals surface area (Å²) >= 11 is 0. The molecule has 0 radical (unpaired) electrons. The number of carboxylic acid groups (broad SMARTS) is 1. The summed E-state index contributed by atoms with van der Waals surface area (Å²) in [7, 11) is -4.26. The van der Waals surface area contributed by atoms with Crippen LogP contribution in [-0.4, -0.2) is 64.1 Å². The van der Waals surface area contributed by atoms with Crippen LogP contribution in [0.3, 0.4) is 0 Å². The average molecular weight is 410 g/mol. The molecule has 1 aromatic rings. The molecule has 2 amide bonds. The second kappa shape index (κ2) is 6.56. The average Bonchev–Trinajstić information content (AvgIpc) is 2.80. The van der Waals surface area contributed by atoms with Crippen molar-refractivity contribution >= 4 is 33.9 Å². The van der Waals surface area contributed by atoms with Gasteiger partial charge < -0.3 is 26.2 Å². The lowest BCUT2D eigenvalue weighted by atomic mass is 9.94. The molecule has 3 rings (SSSR count). The maximum atomic E-state index is 13.1. The minimum absolute atomic E-state index is 0.115. The predicted molar refractivity (Wildman–Crippen MR) is 95.0 cm³/mol. The number of carbonyl (C=O) groups is 3. The fraction of sp³-hybridized carbons (Fsp3) is 0.375. The smallest absolute Gasteiger partial charge is 0.404 e. The summed E-state index contributed by atoms with van der Waals surface area (Å²) in [5, 5.41) is 8.07. The van der Waals surface area contributed by atoms with E-state index in [1.807, 2.05) is 0 Å². The number of β-lactam (4-membered cyclic amide) rings is 1. The van der Waals surface area contributed by atoms with E-state index in [9.17, 15) is 27.9 Å². The molecule has 5 N–H and O–H groups in total. The lowest BCUT2D eigenvalue weighted by Gasteiger charge is -2.37. The number of nitrogens with two attached hydrogens (primary N) is 2. The van der Waals surface area contributed by atoms with Gasteiger partial charge in [0.05, 0.1) is 11.3 Å². The first kappa shape index (κ1) is 19.8. The van der Waals surface area contributed by atoms with Crippen molar-refractivity contribution < 1.29 is 32.6 Å². The van der Waals surface area contributed by atoms with Crippen molar-refractivity contribution in [2.75, 3.05) is 6.61 Å². The number of rotatable bonds is 5. The van der Waals surface area contributed by atoms with Gasteiger partial charge in [0.2, 0.25) is 0 Å². The van der Waals surface area contributed by atoms with Gasteiger partial charge in [-0.05, 0) is 30.7 Å². The normalized spacial score (nSPS) is 29.3. The first-order valence-electron chi connectivity index (χ1n) is 8.12. The van der Waals surface area contributed by atoms with Crippen LogP contribution in [0.15, 0.2) is 23.9 Å². The van der Waals surface area contributed by atoms with Crippen LogP contribution in [0.1, 0.15) is 18.2 Å². The van der Waals surface area contributed by atoms with Crippen LogP contribution >= 0.6 is 0 Å². The highest BCUT2D eigenvalue weighted by Crippen LogP contribution is 2.49. The molecular weight excluding hydrogens is 392 g/mol. The molecule has 3 atom stereocenters. The van der Waals surface area contributed by atoms with Crippen LogP contribution < -0.4 is 11.5 Å². The van der Waals surface area contributed by atoms with Crippen LogP contribution in [0, 0.1) is 0 Å². The molecule has 0 bridgehead atoms. The van der Waals surface area contributed by atoms with E-state index in [0.29, 0.717) is 5.69 Å². The molecule has 2 aliphatic heterocycles. The Bertz CT molecular complexity index is 1010. The Kier molecular flexibility index (Phi) is 4.63. The maximum Gasteiger partial charge on any atom is 0.404 e. The summed E-state index contributed by atoms with van der Waals surface area (Å²) in [5.41, 5.74) is 11.4. The Labute approximate surface area is 159 Å². The molecule has 2 unspecified atom stereocenters. The maximum absolute atomic E-state index is 13.1. The Morgan fingerprint density at radius 2 is 2.14 bits per heavy atom. The number of carboxylic acids is 1. The van der Waals surface area contributed by atoms with Crippen LogP contribution in [0.5, 0.6) is 0 Å². The zero-order valence-corrected chi connectivity index (χ0v) is 15.5. The third kappa shape index (κ3) is 2.72. The van der Waals surface area contributed by atoms with Crippen LogP contribution in [-0.2, 0) is 30.7 Å². The molecule has 11 nitrogen and oxygen atoms in total. The van der Waals surface area contributed by atoms with Crippen molar-refractivity contribution in [2.24, 2.45) is 11.5 Å². The van der Waals surface area contributed by atoms with Crippen LogP contribution in [0.25, 0.3) is 6.08 Å². The van der Waals surface area contributed by atoms with Gasteiger partial charge in [-0.15, -0.1) is 0 Å². The van der Waals surface area contributed by atoms with Gasteiger partial charge >= 0.3 is 12.1 Å². The van der Waals surface area contributed by atoms with Gasteiger partial charge in [-0.3, -0.25) is 9.78 Å². The summed E-state index contributed by atoms with van der Waals surface area (Å²) in [6, 6.07) is 1.53. The molecule has 12 heteroatoms. The van der Waals surface area contributed by atoms with Crippen molar-refractivity contribution in [3.05, 3.63) is 35.2 Å². The molecule has 2 saturated heterocycles. The van der Waals surface area contributed by atoms with Gasteiger partial charge in [-0.1, -0.05) is 0 Å². The van der Waals surface area contributed by atoms with E-state index in [1.54, 1.807) is 12.1 Å². The Balaban J connectivity index is 2.06. The number of aromatic nitrogens is 1. The van der Waals surface area contributed by atoms with Gasteiger partial charge in [0.1, 0.15) is 11.4 Å². The summed E-state index contributed by atoms with van der Waals surface area (Å²) in [5.74, 6) is -2.28. The fourth-order valence-corrected chi connectivity index (χ4v) is 5.75. The van der Waals surface area contributed by atoms with E-state index in [-0.39, 0.29) is 12.1 Å². The van der Waals surface area contributed by atoms with Gasteiger partial charge in [0.25, 0.3) is 5.91 Å². The highest BCUT2D eigenvalue weighted by molar-refractivity contribution is 7.94. The van der Waals surface area contributed by atoms with E-state index in [1.165, 1.54) is 12.3 Å². The third-order valence-corrected chi connectivity index (χ3v) is 7.63. The molecule has 2 aliphatic rings. The highest BCUT2D eigenvalue weighted by atomic mass is 32.2. The molecule has 0 aliphatic carbocycles. The summed E-state index contributed by atoms with van der Waals surface area (Å²) in [4.78, 5) is 40.1. The minimum Gasteiger partial charge on any atom is -0.480 e. The number of aliphatic carboxylic acids is 1. The molecule has 3 heterocycles. The number of carbonyl (C=O) groups excluding carboxylic acids is 2. The molecule has 150 valence electrons. The number of pyridine rings is 1. The number of fused-ring (bicyclic) bond motifs is 1. The van der Waals surface area contributed by atoms with E-state index in [0.717, 1.165) is 17.4 Å². The molecule has 1 aromatic heterocycles. The SMILES string of the molecule is CC1(COC(N)=O)[C@H](C(=O)O)N2C(=O)/C(=C/c3cc(CN)ccn3)C2S1(=O)=O.